The molecule has 0 bridgehead atoms. The van der Waals surface area contributed by atoms with E-state index in [1.54, 1.807) is 12.1 Å². The molecule has 2 N–H and O–H groups in total. The highest BCUT2D eigenvalue weighted by Crippen LogP contribution is 2.33. The summed E-state index contributed by atoms with van der Waals surface area (Å²) in [6.07, 6.45) is 6.09. The first-order valence-electron chi connectivity index (χ1n) is 9.50. The van der Waals surface area contributed by atoms with Crippen LogP contribution in [0.25, 0.3) is 0 Å². The van der Waals surface area contributed by atoms with Gasteiger partial charge in [0.2, 0.25) is 0 Å². The number of rotatable bonds is 6. The van der Waals surface area contributed by atoms with Crippen LogP contribution >= 0.6 is 11.6 Å². The summed E-state index contributed by atoms with van der Waals surface area (Å²) in [6.45, 7) is 1.88. The number of hydrogen-bond donors (Lipinski definition) is 2. The molecule has 0 aromatic heterocycles. The molecule has 146 valence electrons. The number of nitrogens with one attached hydrogen (secondary N) is 1. The summed E-state index contributed by atoms with van der Waals surface area (Å²) in [5.74, 6) is -0.747. The molecule has 1 aliphatic heterocycles. The van der Waals surface area contributed by atoms with E-state index in [-0.39, 0.29) is 29.3 Å². The van der Waals surface area contributed by atoms with Gasteiger partial charge >= 0.3 is 6.03 Å². The zero-order valence-electron chi connectivity index (χ0n) is 15.4. The Morgan fingerprint density at radius 1 is 1.33 bits per heavy atom. The molecule has 3 rings (SSSR count). The Balaban J connectivity index is 1.81. The lowest BCUT2D eigenvalue weighted by Gasteiger charge is -2.32. The van der Waals surface area contributed by atoms with Crippen LogP contribution in [-0.4, -0.2) is 35.3 Å². The minimum atomic E-state index is -0.600. The average Bonchev–Trinajstić information content (AvgIpc) is 2.68. The zero-order valence-corrected chi connectivity index (χ0v) is 16.2. The predicted octanol–water partition coefficient (Wildman–Crippen LogP) is 4.20. The third-order valence-corrected chi connectivity index (χ3v) is 5.57. The molecule has 2 unspecified atom stereocenters. The number of carbonyl (C=O) groups is 2. The first-order chi connectivity index (χ1) is 13.0. The van der Waals surface area contributed by atoms with Crippen LogP contribution in [0.5, 0.6) is 5.75 Å². The highest BCUT2D eigenvalue weighted by atomic mass is 35.5. The van der Waals surface area contributed by atoms with Gasteiger partial charge in [-0.2, -0.15) is 0 Å². The van der Waals surface area contributed by atoms with Gasteiger partial charge in [0.15, 0.2) is 5.78 Å². The van der Waals surface area contributed by atoms with E-state index in [1.165, 1.54) is 12.5 Å². The SMILES string of the molecule is CCC1=NC(=O)NC(c2ccc(O)c(Cl)c2)C1C(=O)COC1CCCCC1. The van der Waals surface area contributed by atoms with Crippen LogP contribution in [0, 0.1) is 5.92 Å². The Kier molecular flexibility index (Phi) is 6.50. The normalized spacial score (nSPS) is 23.6. The summed E-state index contributed by atoms with van der Waals surface area (Å²) in [4.78, 5) is 29.1. The van der Waals surface area contributed by atoms with E-state index >= 15 is 0 Å². The lowest BCUT2D eigenvalue weighted by atomic mass is 9.83. The van der Waals surface area contributed by atoms with Gasteiger partial charge in [0, 0.05) is 5.71 Å². The highest BCUT2D eigenvalue weighted by molar-refractivity contribution is 6.32. The monoisotopic (exact) mass is 392 g/mol. The molecule has 0 radical (unpaired) electrons. The molecular formula is C20H25ClN2O4. The molecule has 1 aromatic carbocycles. The first-order valence-corrected chi connectivity index (χ1v) is 9.88. The molecule has 7 heteroatoms. The van der Waals surface area contributed by atoms with Crippen molar-refractivity contribution in [1.29, 1.82) is 0 Å². The van der Waals surface area contributed by atoms with E-state index in [1.807, 2.05) is 6.92 Å². The van der Waals surface area contributed by atoms with Gasteiger partial charge in [-0.25, -0.2) is 9.79 Å². The maximum absolute atomic E-state index is 13.0. The molecule has 1 heterocycles. The second-order valence-corrected chi connectivity index (χ2v) is 7.52. The number of hydrogen-bond acceptors (Lipinski definition) is 4. The van der Waals surface area contributed by atoms with Crippen LogP contribution in [0.4, 0.5) is 4.79 Å². The van der Waals surface area contributed by atoms with E-state index < -0.39 is 18.0 Å². The number of aliphatic imine (C=N–C) groups is 1. The van der Waals surface area contributed by atoms with Gasteiger partial charge in [-0.05, 0) is 37.0 Å². The van der Waals surface area contributed by atoms with Crippen molar-refractivity contribution >= 4 is 29.1 Å². The highest BCUT2D eigenvalue weighted by Gasteiger charge is 2.38. The Hall–Kier alpha value is -1.92. The van der Waals surface area contributed by atoms with Crippen LogP contribution < -0.4 is 5.32 Å². The lowest BCUT2D eigenvalue weighted by molar-refractivity contribution is -0.129. The largest absolute Gasteiger partial charge is 0.506 e. The minimum absolute atomic E-state index is 0.00649. The van der Waals surface area contributed by atoms with Crippen molar-refractivity contribution in [2.75, 3.05) is 6.61 Å². The third-order valence-electron chi connectivity index (χ3n) is 5.27. The number of Topliss-reactive ketones (excluding diaryl/α,β-unsaturated/α-hetero) is 1. The van der Waals surface area contributed by atoms with Gasteiger partial charge < -0.3 is 15.2 Å². The smallest absolute Gasteiger partial charge is 0.341 e. The summed E-state index contributed by atoms with van der Waals surface area (Å²) in [5.41, 5.74) is 1.20. The van der Waals surface area contributed by atoms with Crippen molar-refractivity contribution in [2.45, 2.75) is 57.6 Å². The van der Waals surface area contributed by atoms with Crippen molar-refractivity contribution in [3.05, 3.63) is 28.8 Å². The molecular weight excluding hydrogens is 368 g/mol. The Bertz CT molecular complexity index is 743. The lowest BCUT2D eigenvalue weighted by Crippen LogP contribution is -2.45. The topological polar surface area (TPSA) is 88.0 Å². The van der Waals surface area contributed by atoms with E-state index in [9.17, 15) is 14.7 Å². The number of aromatic hydroxyl groups is 1. The van der Waals surface area contributed by atoms with Crippen LogP contribution in [0.1, 0.15) is 57.1 Å². The fourth-order valence-corrected chi connectivity index (χ4v) is 4.01. The van der Waals surface area contributed by atoms with E-state index in [0.717, 1.165) is 25.7 Å². The Morgan fingerprint density at radius 2 is 2.07 bits per heavy atom. The number of phenolic OH excluding ortho intramolecular Hbond substituents is 1. The molecule has 2 aliphatic rings. The van der Waals surface area contributed by atoms with Gasteiger partial charge in [-0.3, -0.25) is 4.79 Å². The van der Waals surface area contributed by atoms with Crippen LogP contribution in [-0.2, 0) is 9.53 Å². The van der Waals surface area contributed by atoms with Crippen molar-refractivity contribution in [1.82, 2.24) is 5.32 Å². The number of ether oxygens (including phenoxy) is 1. The number of carbonyl (C=O) groups excluding carboxylic acids is 2. The van der Waals surface area contributed by atoms with Crippen molar-refractivity contribution in [2.24, 2.45) is 10.9 Å². The quantitative estimate of drug-likeness (QED) is 0.759. The number of phenols is 1. The number of benzene rings is 1. The molecule has 27 heavy (non-hydrogen) atoms. The van der Waals surface area contributed by atoms with Gasteiger partial charge in [-0.15, -0.1) is 0 Å². The van der Waals surface area contributed by atoms with Gasteiger partial charge in [0.1, 0.15) is 12.4 Å². The van der Waals surface area contributed by atoms with Crippen LogP contribution in [0.2, 0.25) is 5.02 Å². The number of nitrogens with zero attached hydrogens (tertiary/aromatic N) is 1. The second-order valence-electron chi connectivity index (χ2n) is 7.11. The molecule has 2 atom stereocenters. The van der Waals surface area contributed by atoms with Gasteiger partial charge in [0.05, 0.1) is 23.1 Å². The standard InChI is InChI=1S/C20H25ClN2O4/c1-2-15-18(17(25)11-27-13-6-4-3-5-7-13)19(23-20(26)22-15)12-8-9-16(24)14(21)10-12/h8-10,13,18-19,24H,2-7,11H2,1H3,(H,23,26). The van der Waals surface area contributed by atoms with E-state index in [4.69, 9.17) is 16.3 Å². The van der Waals surface area contributed by atoms with Crippen molar-refractivity contribution in [3.63, 3.8) is 0 Å². The molecule has 1 fully saturated rings. The fraction of sp³-hybridized carbons (Fsp3) is 0.550. The van der Waals surface area contributed by atoms with Crippen LogP contribution in [0.15, 0.2) is 23.2 Å². The predicted molar refractivity (Wildman–Crippen MR) is 103 cm³/mol. The summed E-state index contributed by atoms with van der Waals surface area (Å²) in [7, 11) is 0. The molecule has 1 saturated carbocycles. The average molecular weight is 393 g/mol. The maximum Gasteiger partial charge on any atom is 0.341 e. The first kappa shape index (κ1) is 19.8. The number of urea groups is 1. The fourth-order valence-electron chi connectivity index (χ4n) is 3.83. The number of ketones is 1. The number of halogens is 1. The third kappa shape index (κ3) is 4.68. The summed E-state index contributed by atoms with van der Waals surface area (Å²) >= 11 is 6.03. The zero-order chi connectivity index (χ0) is 19.4. The van der Waals surface area contributed by atoms with Gasteiger partial charge in [0.25, 0.3) is 0 Å². The van der Waals surface area contributed by atoms with Crippen molar-refractivity contribution < 1.29 is 19.4 Å². The molecule has 2 amide bonds. The van der Waals surface area contributed by atoms with Gasteiger partial charge in [-0.1, -0.05) is 43.9 Å². The second kappa shape index (κ2) is 8.85. The van der Waals surface area contributed by atoms with E-state index in [0.29, 0.717) is 17.7 Å². The molecule has 0 spiro atoms. The minimum Gasteiger partial charge on any atom is -0.506 e. The Labute approximate surface area is 164 Å². The number of amides is 2. The maximum atomic E-state index is 13.0. The molecule has 6 nitrogen and oxygen atoms in total. The van der Waals surface area contributed by atoms with E-state index in [2.05, 4.69) is 10.3 Å². The summed E-state index contributed by atoms with van der Waals surface area (Å²) < 4.78 is 5.86. The molecule has 0 saturated heterocycles. The summed E-state index contributed by atoms with van der Waals surface area (Å²) in [5, 5.41) is 12.6. The molecule has 1 aliphatic carbocycles. The van der Waals surface area contributed by atoms with Crippen molar-refractivity contribution in [3.8, 4) is 5.75 Å². The van der Waals surface area contributed by atoms with Crippen LogP contribution in [0.3, 0.4) is 0 Å². The summed E-state index contributed by atoms with van der Waals surface area (Å²) in [6, 6.07) is 3.64. The Morgan fingerprint density at radius 3 is 2.74 bits per heavy atom. The molecule has 1 aromatic rings.